The van der Waals surface area contributed by atoms with Crippen molar-refractivity contribution in [3.05, 3.63) is 0 Å². The van der Waals surface area contributed by atoms with Crippen molar-refractivity contribution in [2.24, 2.45) is 11.3 Å². The van der Waals surface area contributed by atoms with E-state index in [1.165, 1.54) is 45.1 Å². The minimum Gasteiger partial charge on any atom is -0.381 e. The fourth-order valence-electron chi connectivity index (χ4n) is 4.51. The summed E-state index contributed by atoms with van der Waals surface area (Å²) in [6.07, 6.45) is 11.9. The normalized spacial score (nSPS) is 32.7. The molecule has 4 nitrogen and oxygen atoms in total. The lowest BCUT2D eigenvalue weighted by atomic mass is 9.81. The topological polar surface area (TPSA) is 41.6 Å². The summed E-state index contributed by atoms with van der Waals surface area (Å²) in [5.41, 5.74) is 0.897. The molecule has 2 saturated carbocycles. The molecule has 0 aromatic heterocycles. The summed E-state index contributed by atoms with van der Waals surface area (Å²) in [7, 11) is 0. The van der Waals surface area contributed by atoms with Crippen LogP contribution < -0.4 is 5.32 Å². The zero-order valence-corrected chi connectivity index (χ0v) is 15.3. The lowest BCUT2D eigenvalue weighted by Crippen LogP contribution is -2.51. The third kappa shape index (κ3) is 3.96. The van der Waals surface area contributed by atoms with Crippen LogP contribution in [0.3, 0.4) is 0 Å². The van der Waals surface area contributed by atoms with Gasteiger partial charge in [0.15, 0.2) is 0 Å². The minimum absolute atomic E-state index is 0.236. The molecule has 1 N–H and O–H groups in total. The van der Waals surface area contributed by atoms with Crippen LogP contribution in [-0.2, 0) is 9.53 Å². The van der Waals surface area contributed by atoms with Gasteiger partial charge >= 0.3 is 0 Å². The van der Waals surface area contributed by atoms with E-state index in [1.54, 1.807) is 0 Å². The average molecular weight is 335 g/mol. The van der Waals surface area contributed by atoms with Crippen molar-refractivity contribution >= 4 is 5.91 Å². The Morgan fingerprint density at radius 2 is 1.83 bits per heavy atom. The van der Waals surface area contributed by atoms with Gasteiger partial charge in [0.2, 0.25) is 5.91 Å². The molecular weight excluding hydrogens is 300 g/mol. The molecule has 0 aromatic rings. The van der Waals surface area contributed by atoms with Gasteiger partial charge in [0.1, 0.15) is 0 Å². The van der Waals surface area contributed by atoms with E-state index in [0.29, 0.717) is 23.3 Å². The number of hydrogen-bond acceptors (Lipinski definition) is 3. The van der Waals surface area contributed by atoms with Crippen LogP contribution in [0.4, 0.5) is 0 Å². The van der Waals surface area contributed by atoms with Crippen molar-refractivity contribution in [2.45, 2.75) is 82.7 Å². The van der Waals surface area contributed by atoms with Gasteiger partial charge < -0.3 is 15.0 Å². The molecule has 4 aliphatic rings. The Morgan fingerprint density at radius 3 is 2.42 bits per heavy atom. The third-order valence-corrected chi connectivity index (χ3v) is 7.07. The maximum Gasteiger partial charge on any atom is 0.223 e. The SMILES string of the molecule is C[C@]1(CCN(C(=O)CC2CCOCC2)C2CC2)CCC2(CC2)CN1. The van der Waals surface area contributed by atoms with Crippen molar-refractivity contribution in [1.82, 2.24) is 10.2 Å². The van der Waals surface area contributed by atoms with E-state index in [-0.39, 0.29) is 5.54 Å². The van der Waals surface area contributed by atoms with E-state index in [0.717, 1.165) is 45.4 Å². The second-order valence-electron chi connectivity index (χ2n) is 9.24. The first-order chi connectivity index (χ1) is 11.6. The molecule has 136 valence electrons. The molecule has 2 aliphatic heterocycles. The van der Waals surface area contributed by atoms with Crippen LogP contribution in [0.25, 0.3) is 0 Å². The zero-order chi connectivity index (χ0) is 16.6. The van der Waals surface area contributed by atoms with Gasteiger partial charge in [0.05, 0.1) is 0 Å². The van der Waals surface area contributed by atoms with Gasteiger partial charge in [-0.2, -0.15) is 0 Å². The third-order valence-electron chi connectivity index (χ3n) is 7.07. The minimum atomic E-state index is 0.236. The van der Waals surface area contributed by atoms with E-state index in [2.05, 4.69) is 17.1 Å². The number of piperidine rings is 1. The first-order valence-corrected chi connectivity index (χ1v) is 10.2. The summed E-state index contributed by atoms with van der Waals surface area (Å²) in [6.45, 7) is 6.19. The molecule has 0 unspecified atom stereocenters. The molecule has 4 fully saturated rings. The summed E-state index contributed by atoms with van der Waals surface area (Å²) in [5, 5.41) is 3.83. The van der Waals surface area contributed by atoms with Crippen LogP contribution in [-0.4, -0.2) is 48.7 Å². The molecule has 1 spiro atoms. The second kappa shape index (κ2) is 6.60. The van der Waals surface area contributed by atoms with Crippen molar-refractivity contribution in [3.8, 4) is 0 Å². The molecule has 24 heavy (non-hydrogen) atoms. The first-order valence-electron chi connectivity index (χ1n) is 10.2. The molecule has 0 radical (unpaired) electrons. The van der Waals surface area contributed by atoms with Crippen LogP contribution in [0, 0.1) is 11.3 Å². The Bertz CT molecular complexity index is 454. The van der Waals surface area contributed by atoms with Crippen LogP contribution in [0.5, 0.6) is 0 Å². The van der Waals surface area contributed by atoms with Gasteiger partial charge in [-0.25, -0.2) is 0 Å². The largest absolute Gasteiger partial charge is 0.381 e. The van der Waals surface area contributed by atoms with E-state index in [1.807, 2.05) is 0 Å². The smallest absolute Gasteiger partial charge is 0.223 e. The van der Waals surface area contributed by atoms with E-state index < -0.39 is 0 Å². The summed E-state index contributed by atoms with van der Waals surface area (Å²) < 4.78 is 5.43. The fourth-order valence-corrected chi connectivity index (χ4v) is 4.51. The lowest BCUT2D eigenvalue weighted by Gasteiger charge is -2.40. The maximum atomic E-state index is 12.8. The number of carbonyl (C=O) groups excluding carboxylic acids is 1. The second-order valence-corrected chi connectivity index (χ2v) is 9.24. The Hall–Kier alpha value is -0.610. The van der Waals surface area contributed by atoms with Gasteiger partial charge in [0.25, 0.3) is 0 Å². The Balaban J connectivity index is 1.28. The van der Waals surface area contributed by atoms with Crippen molar-refractivity contribution in [2.75, 3.05) is 26.3 Å². The highest BCUT2D eigenvalue weighted by atomic mass is 16.5. The average Bonchev–Trinajstić information content (AvgIpc) is 3.49. The molecule has 1 amide bonds. The number of amides is 1. The summed E-state index contributed by atoms with van der Waals surface area (Å²) in [6, 6.07) is 0.541. The molecule has 4 heteroatoms. The van der Waals surface area contributed by atoms with Gasteiger partial charge in [-0.1, -0.05) is 0 Å². The van der Waals surface area contributed by atoms with Gasteiger partial charge in [-0.15, -0.1) is 0 Å². The number of ether oxygens (including phenoxy) is 1. The Kier molecular flexibility index (Phi) is 4.63. The summed E-state index contributed by atoms with van der Waals surface area (Å²) in [4.78, 5) is 15.1. The van der Waals surface area contributed by atoms with Crippen molar-refractivity contribution in [1.29, 1.82) is 0 Å². The molecule has 0 aromatic carbocycles. The monoisotopic (exact) mass is 334 g/mol. The van der Waals surface area contributed by atoms with Crippen LogP contribution >= 0.6 is 0 Å². The van der Waals surface area contributed by atoms with Crippen molar-refractivity contribution < 1.29 is 9.53 Å². The van der Waals surface area contributed by atoms with Crippen LogP contribution in [0.15, 0.2) is 0 Å². The van der Waals surface area contributed by atoms with Crippen molar-refractivity contribution in [3.63, 3.8) is 0 Å². The van der Waals surface area contributed by atoms with E-state index >= 15 is 0 Å². The predicted molar refractivity (Wildman–Crippen MR) is 94.8 cm³/mol. The fraction of sp³-hybridized carbons (Fsp3) is 0.950. The molecule has 4 rings (SSSR count). The molecule has 2 saturated heterocycles. The number of rotatable bonds is 6. The summed E-state index contributed by atoms with van der Waals surface area (Å²) >= 11 is 0. The van der Waals surface area contributed by atoms with Gasteiger partial charge in [-0.3, -0.25) is 4.79 Å². The quantitative estimate of drug-likeness (QED) is 0.811. The molecule has 2 aliphatic carbocycles. The van der Waals surface area contributed by atoms with Gasteiger partial charge in [0, 0.05) is 44.3 Å². The number of hydrogen-bond donors (Lipinski definition) is 1. The van der Waals surface area contributed by atoms with Crippen LogP contribution in [0.1, 0.15) is 71.1 Å². The van der Waals surface area contributed by atoms with Crippen LogP contribution in [0.2, 0.25) is 0 Å². The maximum absolute atomic E-state index is 12.8. The molecule has 1 atom stereocenters. The summed E-state index contributed by atoms with van der Waals surface area (Å²) in [5.74, 6) is 0.952. The van der Waals surface area contributed by atoms with Gasteiger partial charge in [-0.05, 0) is 76.0 Å². The van der Waals surface area contributed by atoms with E-state index in [9.17, 15) is 4.79 Å². The Morgan fingerprint density at radius 1 is 1.12 bits per heavy atom. The predicted octanol–water partition coefficient (Wildman–Crippen LogP) is 3.11. The molecule has 0 bridgehead atoms. The number of nitrogens with one attached hydrogen (secondary N) is 1. The highest BCUT2D eigenvalue weighted by Crippen LogP contribution is 2.52. The highest BCUT2D eigenvalue weighted by molar-refractivity contribution is 5.77. The molecule has 2 heterocycles. The number of carbonyl (C=O) groups is 1. The molecular formula is C20H34N2O2. The number of nitrogens with zero attached hydrogens (tertiary/aromatic N) is 1. The Labute approximate surface area is 146 Å². The first kappa shape index (κ1) is 16.8. The highest BCUT2D eigenvalue weighted by Gasteiger charge is 2.47. The van der Waals surface area contributed by atoms with E-state index in [4.69, 9.17) is 4.74 Å². The zero-order valence-electron chi connectivity index (χ0n) is 15.3. The lowest BCUT2D eigenvalue weighted by molar-refractivity contribution is -0.133. The standard InChI is InChI=1S/C20H34N2O2/c1-19(6-7-20(8-9-20)15-21-19)10-11-22(17-2-3-17)18(23)14-16-4-12-24-13-5-16/h16-17,21H,2-15H2,1H3/t19-/m1/s1.